The molecule has 36 heavy (non-hydrogen) atoms. The Morgan fingerprint density at radius 1 is 1.00 bits per heavy atom. The van der Waals surface area contributed by atoms with Crippen LogP contribution in [0.4, 0.5) is 9.52 Å². The first kappa shape index (κ1) is 25.5. The molecule has 0 bridgehead atoms. The number of benzene rings is 2. The van der Waals surface area contributed by atoms with Crippen molar-refractivity contribution >= 4 is 42.4 Å². The van der Waals surface area contributed by atoms with E-state index in [9.17, 15) is 17.6 Å². The molecule has 0 aliphatic rings. The van der Waals surface area contributed by atoms with Crippen molar-refractivity contribution in [1.29, 1.82) is 0 Å². The molecule has 2 heterocycles. The number of hydrogen-bond donors (Lipinski definition) is 0. The second-order valence-electron chi connectivity index (χ2n) is 7.86. The minimum absolute atomic E-state index is 0.0182. The van der Waals surface area contributed by atoms with E-state index in [-0.39, 0.29) is 35.9 Å². The van der Waals surface area contributed by atoms with Gasteiger partial charge in [0.1, 0.15) is 27.5 Å². The van der Waals surface area contributed by atoms with E-state index in [0.29, 0.717) is 22.1 Å². The highest BCUT2D eigenvalue weighted by Crippen LogP contribution is 2.40. The van der Waals surface area contributed by atoms with Crippen LogP contribution in [0.5, 0.6) is 11.5 Å². The minimum atomic E-state index is -3.65. The number of sulfone groups is 1. The van der Waals surface area contributed by atoms with Gasteiger partial charge in [-0.2, -0.15) is 0 Å². The Bertz CT molecular complexity index is 1420. The summed E-state index contributed by atoms with van der Waals surface area (Å²) in [6.07, 6.45) is 3.36. The van der Waals surface area contributed by atoms with Crippen LogP contribution >= 0.6 is 11.3 Å². The van der Waals surface area contributed by atoms with Crippen molar-refractivity contribution in [3.05, 3.63) is 72.3 Å². The predicted molar refractivity (Wildman–Crippen MR) is 136 cm³/mol. The van der Waals surface area contributed by atoms with Gasteiger partial charge in [0.25, 0.3) is 0 Å². The van der Waals surface area contributed by atoms with Gasteiger partial charge in [-0.05, 0) is 60.5 Å². The fourth-order valence-electron chi connectivity index (χ4n) is 3.63. The lowest BCUT2D eigenvalue weighted by Gasteiger charge is -2.20. The highest BCUT2D eigenvalue weighted by atomic mass is 32.2. The quantitative estimate of drug-likeness (QED) is 0.276. The van der Waals surface area contributed by atoms with Crippen LogP contribution < -0.4 is 14.4 Å². The summed E-state index contributed by atoms with van der Waals surface area (Å²) in [7, 11) is -0.551. The Hall–Kier alpha value is -3.57. The molecule has 0 N–H and O–H groups in total. The van der Waals surface area contributed by atoms with Crippen molar-refractivity contribution in [2.75, 3.05) is 24.9 Å². The summed E-state index contributed by atoms with van der Waals surface area (Å²) in [5.74, 6) is 0.124. The number of nitrogens with zero attached hydrogens (tertiary/aromatic N) is 3. The van der Waals surface area contributed by atoms with E-state index in [1.807, 2.05) is 0 Å². The summed E-state index contributed by atoms with van der Waals surface area (Å²) in [6, 6.07) is 11.8. The number of hydrogen-bond acceptors (Lipinski definition) is 8. The van der Waals surface area contributed by atoms with E-state index in [1.54, 1.807) is 50.9 Å². The first-order chi connectivity index (χ1) is 17.3. The molecule has 0 aliphatic heterocycles. The van der Waals surface area contributed by atoms with Gasteiger partial charge in [0.2, 0.25) is 5.91 Å². The standard InChI is InChI=1S/C25H24FN3O5S2/c1-33-20-9-10-21(34-2)24-23(20)28-25(35-24)29(16-17-11-13-27-14-12-17)22(30)4-3-15-36(31,32)19-7-5-18(26)6-8-19/h5-14H,3-4,15-16H2,1-2H3. The summed E-state index contributed by atoms with van der Waals surface area (Å²) < 4.78 is 50.0. The molecule has 0 unspecified atom stereocenters. The molecule has 188 valence electrons. The molecule has 0 saturated heterocycles. The van der Waals surface area contributed by atoms with Crippen LogP contribution in [0.25, 0.3) is 10.2 Å². The van der Waals surface area contributed by atoms with Crippen LogP contribution in [0.3, 0.4) is 0 Å². The zero-order chi connectivity index (χ0) is 25.7. The van der Waals surface area contributed by atoms with Crippen LogP contribution in [0.15, 0.2) is 65.8 Å². The summed E-state index contributed by atoms with van der Waals surface area (Å²) in [5, 5.41) is 0.441. The number of ether oxygens (including phenoxy) is 2. The summed E-state index contributed by atoms with van der Waals surface area (Å²) in [6.45, 7) is 0.233. The van der Waals surface area contributed by atoms with Crippen molar-refractivity contribution in [3.8, 4) is 11.5 Å². The first-order valence-electron chi connectivity index (χ1n) is 11.0. The topological polar surface area (TPSA) is 98.7 Å². The fraction of sp³-hybridized carbons (Fsp3) is 0.240. The number of aromatic nitrogens is 2. The van der Waals surface area contributed by atoms with Gasteiger partial charge in [-0.3, -0.25) is 14.7 Å². The van der Waals surface area contributed by atoms with Gasteiger partial charge in [0.15, 0.2) is 15.0 Å². The normalized spacial score (nSPS) is 11.4. The third-order valence-electron chi connectivity index (χ3n) is 5.50. The third kappa shape index (κ3) is 5.63. The SMILES string of the molecule is COc1ccc(OC)c2sc(N(Cc3ccncc3)C(=O)CCCS(=O)(=O)c3ccc(F)cc3)nc12. The number of rotatable bonds is 10. The summed E-state index contributed by atoms with van der Waals surface area (Å²) in [4.78, 5) is 23.6. The van der Waals surface area contributed by atoms with Gasteiger partial charge in [-0.25, -0.2) is 17.8 Å². The molecule has 0 radical (unpaired) electrons. The Kier molecular flexibility index (Phi) is 7.80. The Morgan fingerprint density at radius 3 is 2.33 bits per heavy atom. The van der Waals surface area contributed by atoms with E-state index < -0.39 is 15.7 Å². The number of thiazole rings is 1. The molecule has 0 aliphatic carbocycles. The van der Waals surface area contributed by atoms with E-state index in [0.717, 1.165) is 22.4 Å². The molecule has 4 rings (SSSR count). The maximum absolute atomic E-state index is 13.4. The minimum Gasteiger partial charge on any atom is -0.495 e. The van der Waals surface area contributed by atoms with Crippen molar-refractivity contribution in [2.45, 2.75) is 24.3 Å². The molecular formula is C25H24FN3O5S2. The van der Waals surface area contributed by atoms with E-state index in [2.05, 4.69) is 9.97 Å². The summed E-state index contributed by atoms with van der Waals surface area (Å²) >= 11 is 1.29. The van der Waals surface area contributed by atoms with E-state index in [4.69, 9.17) is 9.47 Å². The van der Waals surface area contributed by atoms with Gasteiger partial charge in [0, 0.05) is 18.8 Å². The number of halogens is 1. The fourth-order valence-corrected chi connectivity index (χ4v) is 6.03. The molecule has 0 fully saturated rings. The number of carbonyl (C=O) groups excluding carboxylic acids is 1. The highest BCUT2D eigenvalue weighted by Gasteiger charge is 2.24. The lowest BCUT2D eigenvalue weighted by molar-refractivity contribution is -0.118. The van der Waals surface area contributed by atoms with Gasteiger partial charge in [0.05, 0.1) is 31.4 Å². The molecule has 1 amide bonds. The molecule has 0 spiro atoms. The van der Waals surface area contributed by atoms with Crippen molar-refractivity contribution in [3.63, 3.8) is 0 Å². The molecule has 8 nitrogen and oxygen atoms in total. The monoisotopic (exact) mass is 529 g/mol. The number of carbonyl (C=O) groups is 1. The van der Waals surface area contributed by atoms with E-state index in [1.165, 1.54) is 28.4 Å². The van der Waals surface area contributed by atoms with Crippen molar-refractivity contribution in [1.82, 2.24) is 9.97 Å². The smallest absolute Gasteiger partial charge is 0.229 e. The van der Waals surface area contributed by atoms with Gasteiger partial charge < -0.3 is 9.47 Å². The predicted octanol–water partition coefficient (Wildman–Crippen LogP) is 4.63. The number of amides is 1. The molecular weight excluding hydrogens is 505 g/mol. The number of fused-ring (bicyclic) bond motifs is 1. The Morgan fingerprint density at radius 2 is 1.67 bits per heavy atom. The first-order valence-corrected chi connectivity index (χ1v) is 13.5. The maximum atomic E-state index is 13.4. The van der Waals surface area contributed by atoms with Crippen molar-refractivity contribution < 1.29 is 27.1 Å². The van der Waals surface area contributed by atoms with Crippen LogP contribution in [0.1, 0.15) is 18.4 Å². The highest BCUT2D eigenvalue weighted by molar-refractivity contribution is 7.91. The molecule has 0 saturated carbocycles. The zero-order valence-electron chi connectivity index (χ0n) is 19.7. The average Bonchev–Trinajstić information content (AvgIpc) is 3.32. The summed E-state index contributed by atoms with van der Waals surface area (Å²) in [5.41, 5.74) is 1.42. The van der Waals surface area contributed by atoms with E-state index >= 15 is 0 Å². The molecule has 2 aromatic carbocycles. The van der Waals surface area contributed by atoms with Gasteiger partial charge in [-0.1, -0.05) is 11.3 Å². The van der Waals surface area contributed by atoms with Crippen LogP contribution in [0, 0.1) is 5.82 Å². The second kappa shape index (κ2) is 11.0. The Labute approximate surface area is 212 Å². The molecule has 4 aromatic rings. The second-order valence-corrected chi connectivity index (χ2v) is 10.9. The van der Waals surface area contributed by atoms with Crippen LogP contribution in [-0.4, -0.2) is 44.3 Å². The van der Waals surface area contributed by atoms with Gasteiger partial charge >= 0.3 is 0 Å². The Balaban J connectivity index is 1.59. The number of anilines is 1. The lowest BCUT2D eigenvalue weighted by Crippen LogP contribution is -2.30. The van der Waals surface area contributed by atoms with Gasteiger partial charge in [-0.15, -0.1) is 0 Å². The number of pyridine rings is 1. The molecule has 2 aromatic heterocycles. The van der Waals surface area contributed by atoms with Crippen LogP contribution in [0.2, 0.25) is 0 Å². The van der Waals surface area contributed by atoms with Crippen molar-refractivity contribution in [2.24, 2.45) is 0 Å². The average molecular weight is 530 g/mol. The largest absolute Gasteiger partial charge is 0.495 e. The maximum Gasteiger partial charge on any atom is 0.229 e. The van der Waals surface area contributed by atoms with Crippen LogP contribution in [-0.2, 0) is 21.2 Å². The number of methoxy groups -OCH3 is 2. The molecule has 0 atom stereocenters. The third-order valence-corrected chi connectivity index (χ3v) is 8.41. The lowest BCUT2D eigenvalue weighted by atomic mass is 10.2. The zero-order valence-corrected chi connectivity index (χ0v) is 21.3. The molecule has 11 heteroatoms.